The smallest absolute Gasteiger partial charge is 0.362 e. The van der Waals surface area contributed by atoms with Gasteiger partial charge in [0.1, 0.15) is 6.61 Å². The summed E-state index contributed by atoms with van der Waals surface area (Å²) in [7, 11) is 5.53. The van der Waals surface area contributed by atoms with E-state index in [4.69, 9.17) is 14.2 Å². The molecule has 8 nitrogen and oxygen atoms in total. The average Bonchev–Trinajstić information content (AvgIpc) is 3.18. The number of hydrogen-bond donors (Lipinski definition) is 1. The van der Waals surface area contributed by atoms with Crippen molar-refractivity contribution in [2.75, 3.05) is 41.0 Å². The highest BCUT2D eigenvalue weighted by atomic mass is 16.6. The number of quaternary nitrogens is 1. The van der Waals surface area contributed by atoms with Crippen molar-refractivity contribution in [3.05, 3.63) is 12.2 Å². The van der Waals surface area contributed by atoms with Gasteiger partial charge in [-0.15, -0.1) is 0 Å². The van der Waals surface area contributed by atoms with E-state index in [0.29, 0.717) is 19.3 Å². The molecule has 0 aromatic rings. The maximum Gasteiger partial charge on any atom is 0.362 e. The van der Waals surface area contributed by atoms with E-state index < -0.39 is 18.1 Å². The van der Waals surface area contributed by atoms with E-state index in [2.05, 4.69) is 26.0 Å². The van der Waals surface area contributed by atoms with Crippen LogP contribution in [-0.4, -0.2) is 80.6 Å². The Labute approximate surface area is 359 Å². The van der Waals surface area contributed by atoms with Crippen LogP contribution in [0.15, 0.2) is 12.2 Å². The molecule has 0 bridgehead atoms. The molecule has 0 saturated carbocycles. The van der Waals surface area contributed by atoms with Gasteiger partial charge in [-0.3, -0.25) is 9.59 Å². The summed E-state index contributed by atoms with van der Waals surface area (Å²) in [5, 5.41) is 9.62. The van der Waals surface area contributed by atoms with Gasteiger partial charge in [0.25, 0.3) is 0 Å². The largest absolute Gasteiger partial charge is 0.477 e. The molecular formula is C50H96NO7+. The van der Waals surface area contributed by atoms with Crippen LogP contribution in [0.1, 0.15) is 239 Å². The van der Waals surface area contributed by atoms with Crippen LogP contribution < -0.4 is 0 Å². The summed E-state index contributed by atoms with van der Waals surface area (Å²) in [4.78, 5) is 37.0. The first-order chi connectivity index (χ1) is 28.1. The van der Waals surface area contributed by atoms with E-state index in [9.17, 15) is 19.5 Å². The van der Waals surface area contributed by atoms with Crippen LogP contribution in [0.25, 0.3) is 0 Å². The minimum Gasteiger partial charge on any atom is -0.477 e. The quantitative estimate of drug-likeness (QED) is 0.0283. The van der Waals surface area contributed by atoms with E-state index in [1.807, 2.05) is 21.1 Å². The molecule has 0 heterocycles. The van der Waals surface area contributed by atoms with Crippen molar-refractivity contribution in [2.24, 2.45) is 0 Å². The zero-order valence-electron chi connectivity index (χ0n) is 39.0. The maximum absolute atomic E-state index is 12.7. The lowest BCUT2D eigenvalue weighted by Gasteiger charge is -2.31. The van der Waals surface area contributed by atoms with Gasteiger partial charge < -0.3 is 23.8 Å². The fourth-order valence-corrected chi connectivity index (χ4v) is 7.57. The van der Waals surface area contributed by atoms with Gasteiger partial charge in [0.2, 0.25) is 0 Å². The third-order valence-corrected chi connectivity index (χ3v) is 11.4. The first-order valence-electron chi connectivity index (χ1n) is 24.7. The molecule has 58 heavy (non-hydrogen) atoms. The SMILES string of the molecule is CCC/C=C\CCCCCCCC(=O)OC(COCCC(C(=O)O)[N+](C)(C)C)COC(=O)CCCCCCCCCCCCCCCCCCCCCCCCCC. The zero-order valence-corrected chi connectivity index (χ0v) is 39.0. The number of rotatable bonds is 45. The Bertz CT molecular complexity index is 962. The van der Waals surface area contributed by atoms with Crippen molar-refractivity contribution in [2.45, 2.75) is 251 Å². The molecule has 342 valence electrons. The number of unbranched alkanes of at least 4 members (excludes halogenated alkanes) is 29. The lowest BCUT2D eigenvalue weighted by Crippen LogP contribution is -2.50. The lowest BCUT2D eigenvalue weighted by atomic mass is 10.0. The normalized spacial score (nSPS) is 12.9. The van der Waals surface area contributed by atoms with E-state index in [0.717, 1.165) is 57.8 Å². The molecule has 0 spiro atoms. The maximum atomic E-state index is 12.7. The van der Waals surface area contributed by atoms with Gasteiger partial charge in [0.15, 0.2) is 12.1 Å². The highest BCUT2D eigenvalue weighted by Gasteiger charge is 2.31. The second kappa shape index (κ2) is 41.8. The van der Waals surface area contributed by atoms with E-state index >= 15 is 0 Å². The second-order valence-corrected chi connectivity index (χ2v) is 18.1. The topological polar surface area (TPSA) is 99.1 Å². The number of carboxylic acid groups (broad SMARTS) is 1. The molecule has 2 atom stereocenters. The van der Waals surface area contributed by atoms with Gasteiger partial charge in [-0.25, -0.2) is 4.79 Å². The third-order valence-electron chi connectivity index (χ3n) is 11.4. The Balaban J connectivity index is 4.06. The number of carbonyl (C=O) groups is 3. The molecule has 0 aliphatic rings. The summed E-state index contributed by atoms with van der Waals surface area (Å²) in [6.07, 6.45) is 45.6. The number of esters is 2. The van der Waals surface area contributed by atoms with Crippen LogP contribution in [0.4, 0.5) is 0 Å². The standard InChI is InChI=1S/C50H95NO7/c1-6-8-10-12-14-16-18-19-20-21-22-23-24-25-26-27-28-29-30-31-33-34-36-38-40-48(52)57-45-46(44-56-43-42-47(50(54)55)51(3,4)5)58-49(53)41-39-37-35-32-17-15-13-11-9-7-2/h11,13,46-47H,6-10,12,14-45H2,1-5H3/p+1/b13-11-. The van der Waals surface area contributed by atoms with Crippen molar-refractivity contribution in [3.8, 4) is 0 Å². The van der Waals surface area contributed by atoms with Crippen LogP contribution in [0.2, 0.25) is 0 Å². The minimum atomic E-state index is -0.873. The molecule has 0 fully saturated rings. The van der Waals surface area contributed by atoms with Gasteiger partial charge in [-0.1, -0.05) is 199 Å². The monoisotopic (exact) mass is 823 g/mol. The Morgan fingerprint density at radius 3 is 1.31 bits per heavy atom. The molecule has 8 heteroatoms. The second-order valence-electron chi connectivity index (χ2n) is 18.1. The predicted molar refractivity (Wildman–Crippen MR) is 243 cm³/mol. The highest BCUT2D eigenvalue weighted by molar-refractivity contribution is 5.72. The molecule has 1 N–H and O–H groups in total. The number of hydrogen-bond acceptors (Lipinski definition) is 6. The van der Waals surface area contributed by atoms with Crippen molar-refractivity contribution in [3.63, 3.8) is 0 Å². The first kappa shape index (κ1) is 56.1. The summed E-state index contributed by atoms with van der Waals surface area (Å²) >= 11 is 0. The third kappa shape index (κ3) is 39.5. The highest BCUT2D eigenvalue weighted by Crippen LogP contribution is 2.17. The summed E-state index contributed by atoms with van der Waals surface area (Å²) in [6, 6.07) is -0.611. The molecule has 0 aliphatic heterocycles. The number of allylic oxidation sites excluding steroid dienone is 2. The van der Waals surface area contributed by atoms with Crippen LogP contribution in [0.5, 0.6) is 0 Å². The first-order valence-corrected chi connectivity index (χ1v) is 24.7. The molecule has 0 rings (SSSR count). The van der Waals surface area contributed by atoms with E-state index in [1.54, 1.807) is 0 Å². The zero-order chi connectivity index (χ0) is 42.8. The Kier molecular flexibility index (Phi) is 40.4. The van der Waals surface area contributed by atoms with Crippen molar-refractivity contribution in [1.29, 1.82) is 0 Å². The molecule has 0 aliphatic carbocycles. The van der Waals surface area contributed by atoms with Crippen molar-refractivity contribution < 1.29 is 38.2 Å². The Morgan fingerprint density at radius 2 is 0.897 bits per heavy atom. The molecule has 2 unspecified atom stereocenters. The number of likely N-dealkylation sites (N-methyl/N-ethyl adjacent to an activating group) is 1. The number of ether oxygens (including phenoxy) is 3. The number of carbonyl (C=O) groups excluding carboxylic acids is 2. The van der Waals surface area contributed by atoms with Crippen molar-refractivity contribution >= 4 is 17.9 Å². The summed E-state index contributed by atoms with van der Waals surface area (Å²) in [5.41, 5.74) is 0. The summed E-state index contributed by atoms with van der Waals surface area (Å²) in [5.74, 6) is -1.46. The van der Waals surface area contributed by atoms with E-state index in [1.165, 1.54) is 148 Å². The van der Waals surface area contributed by atoms with Crippen molar-refractivity contribution in [1.82, 2.24) is 0 Å². The number of carboxylic acids is 1. The number of nitrogens with zero attached hydrogens (tertiary/aromatic N) is 1. The lowest BCUT2D eigenvalue weighted by molar-refractivity contribution is -0.887. The van der Waals surface area contributed by atoms with Gasteiger partial charge in [0.05, 0.1) is 34.4 Å². The molecule has 0 amide bonds. The Morgan fingerprint density at radius 1 is 0.500 bits per heavy atom. The van der Waals surface area contributed by atoms with Gasteiger partial charge >= 0.3 is 17.9 Å². The van der Waals surface area contributed by atoms with Gasteiger partial charge in [-0.2, -0.15) is 0 Å². The van der Waals surface area contributed by atoms with Crippen LogP contribution >= 0.6 is 0 Å². The average molecular weight is 823 g/mol. The Hall–Kier alpha value is -1.93. The summed E-state index contributed by atoms with van der Waals surface area (Å²) in [6.45, 7) is 4.70. The molecule has 0 aromatic carbocycles. The number of aliphatic carboxylic acids is 1. The molecular weight excluding hydrogens is 727 g/mol. The van der Waals surface area contributed by atoms with Crippen LogP contribution in [0, 0.1) is 0 Å². The summed E-state index contributed by atoms with van der Waals surface area (Å²) < 4.78 is 17.3. The van der Waals surface area contributed by atoms with Crippen LogP contribution in [0.3, 0.4) is 0 Å². The minimum absolute atomic E-state index is 0.0484. The predicted octanol–water partition coefficient (Wildman–Crippen LogP) is 13.9. The fraction of sp³-hybridized carbons (Fsp3) is 0.900. The van der Waals surface area contributed by atoms with Crippen LogP contribution in [-0.2, 0) is 28.6 Å². The van der Waals surface area contributed by atoms with Gasteiger partial charge in [-0.05, 0) is 32.1 Å². The molecule has 0 radical (unpaired) electrons. The fourth-order valence-electron chi connectivity index (χ4n) is 7.57. The van der Waals surface area contributed by atoms with Gasteiger partial charge in [0, 0.05) is 19.3 Å². The molecule has 0 saturated heterocycles. The van der Waals surface area contributed by atoms with E-state index in [-0.39, 0.29) is 36.2 Å². The molecule has 0 aromatic heterocycles.